The zero-order valence-corrected chi connectivity index (χ0v) is 28.0. The van der Waals surface area contributed by atoms with Gasteiger partial charge in [0.05, 0.1) is 37.4 Å². The monoisotopic (exact) mass is 710 g/mol. The number of nitrogens with zero attached hydrogens (tertiary/aromatic N) is 3. The Balaban J connectivity index is 0.910. The summed E-state index contributed by atoms with van der Waals surface area (Å²) < 4.78 is 13.5. The maximum atomic E-state index is 13.3. The summed E-state index contributed by atoms with van der Waals surface area (Å²) in [6, 6.07) is 18.6. The number of anilines is 1. The number of hydrazine groups is 1. The number of piperidine rings is 1. The molecule has 1 saturated heterocycles. The number of fused-ring (bicyclic) bond motifs is 2. The van der Waals surface area contributed by atoms with Crippen molar-refractivity contribution in [2.45, 2.75) is 25.4 Å². The van der Waals surface area contributed by atoms with E-state index in [1.807, 2.05) is 47.2 Å². The first-order chi connectivity index (χ1) is 25.1. The average Bonchev–Trinajstić information content (AvgIpc) is 3.65. The molecule has 6 rings (SSSR count). The molecular weight excluding hydrogens is 672 g/mol. The largest absolute Gasteiger partial charge is 0.491 e. The van der Waals surface area contributed by atoms with Crippen LogP contribution in [0.2, 0.25) is 0 Å². The predicted molar refractivity (Wildman–Crippen MR) is 188 cm³/mol. The first kappa shape index (κ1) is 35.6. The third kappa shape index (κ3) is 7.88. The van der Waals surface area contributed by atoms with Gasteiger partial charge in [-0.3, -0.25) is 39.4 Å². The van der Waals surface area contributed by atoms with Crippen LogP contribution in [0.25, 0.3) is 10.9 Å². The molecule has 16 heteroatoms. The Morgan fingerprint density at radius 1 is 1.02 bits per heavy atom. The minimum Gasteiger partial charge on any atom is -0.491 e. The van der Waals surface area contributed by atoms with Crippen molar-refractivity contribution < 1.29 is 38.7 Å². The third-order valence-electron chi connectivity index (χ3n) is 8.69. The summed E-state index contributed by atoms with van der Waals surface area (Å²) >= 11 is 0. The van der Waals surface area contributed by atoms with Crippen LogP contribution in [0.4, 0.5) is 5.69 Å². The van der Waals surface area contributed by atoms with Gasteiger partial charge in [0.15, 0.2) is 0 Å². The van der Waals surface area contributed by atoms with E-state index >= 15 is 0 Å². The Labute approximate surface area is 297 Å². The van der Waals surface area contributed by atoms with Crippen LogP contribution in [0, 0.1) is 0 Å². The molecular formula is C36H38N8O8. The highest BCUT2D eigenvalue weighted by Crippen LogP contribution is 2.32. The Morgan fingerprint density at radius 2 is 1.83 bits per heavy atom. The molecule has 5 amide bonds. The molecule has 0 bridgehead atoms. The zero-order valence-electron chi connectivity index (χ0n) is 28.0. The number of benzene rings is 3. The second-order valence-corrected chi connectivity index (χ2v) is 12.2. The van der Waals surface area contributed by atoms with Gasteiger partial charge >= 0.3 is 0 Å². The summed E-state index contributed by atoms with van der Waals surface area (Å²) in [7, 11) is 0. The van der Waals surface area contributed by atoms with Gasteiger partial charge in [0.1, 0.15) is 18.4 Å². The molecule has 1 fully saturated rings. The molecule has 52 heavy (non-hydrogen) atoms. The van der Waals surface area contributed by atoms with E-state index in [-0.39, 0.29) is 30.5 Å². The van der Waals surface area contributed by atoms with Crippen LogP contribution in [0.5, 0.6) is 5.75 Å². The zero-order chi connectivity index (χ0) is 36.8. The SMILES string of the molecule is N/C(=C\N(N)CCOCCOc1ccc(Cn2ccc3ccc(C(=O)NO)cc32)cc1)CNc1cccc2c1C(=O)N(C1CCC(=O)NC1=O)C2=O. The molecule has 0 aliphatic carbocycles. The Bertz CT molecular complexity index is 2040. The number of aromatic nitrogens is 1. The summed E-state index contributed by atoms with van der Waals surface area (Å²) in [5.41, 5.74) is 11.1. The maximum absolute atomic E-state index is 13.3. The van der Waals surface area contributed by atoms with Crippen molar-refractivity contribution in [1.29, 1.82) is 0 Å². The van der Waals surface area contributed by atoms with Gasteiger partial charge in [-0.1, -0.05) is 24.3 Å². The number of rotatable bonds is 15. The molecule has 16 nitrogen and oxygen atoms in total. The second kappa shape index (κ2) is 15.8. The predicted octanol–water partition coefficient (Wildman–Crippen LogP) is 1.69. The lowest BCUT2D eigenvalue weighted by atomic mass is 10.0. The van der Waals surface area contributed by atoms with E-state index in [0.717, 1.165) is 21.4 Å². The molecule has 1 unspecified atom stereocenters. The van der Waals surface area contributed by atoms with Crippen molar-refractivity contribution in [2.75, 3.05) is 38.2 Å². The van der Waals surface area contributed by atoms with Crippen LogP contribution in [-0.4, -0.2) is 88.2 Å². The molecule has 0 spiro atoms. The van der Waals surface area contributed by atoms with Crippen LogP contribution < -0.4 is 32.4 Å². The molecule has 2 aliphatic rings. The van der Waals surface area contributed by atoms with Crippen LogP contribution in [0.3, 0.4) is 0 Å². The fourth-order valence-corrected chi connectivity index (χ4v) is 6.09. The molecule has 0 radical (unpaired) electrons. The van der Waals surface area contributed by atoms with E-state index in [9.17, 15) is 24.0 Å². The normalized spacial score (nSPS) is 15.8. The number of ether oxygens (including phenoxy) is 2. The maximum Gasteiger partial charge on any atom is 0.274 e. The molecule has 8 N–H and O–H groups in total. The number of nitrogens with two attached hydrogens (primary N) is 2. The fraction of sp³-hybridized carbons (Fsp3) is 0.250. The first-order valence-corrected chi connectivity index (χ1v) is 16.5. The second-order valence-electron chi connectivity index (χ2n) is 12.2. The van der Waals surface area contributed by atoms with Crippen molar-refractivity contribution in [3.63, 3.8) is 0 Å². The van der Waals surface area contributed by atoms with E-state index in [1.165, 1.54) is 17.3 Å². The van der Waals surface area contributed by atoms with Crippen LogP contribution in [0.15, 0.2) is 84.8 Å². The van der Waals surface area contributed by atoms with Gasteiger partial charge in [0.2, 0.25) is 11.8 Å². The lowest BCUT2D eigenvalue weighted by molar-refractivity contribution is -0.136. The van der Waals surface area contributed by atoms with E-state index < -0.39 is 35.6 Å². The molecule has 2 aliphatic heterocycles. The van der Waals surface area contributed by atoms with Gasteiger partial charge < -0.3 is 30.1 Å². The highest BCUT2D eigenvalue weighted by Gasteiger charge is 2.45. The van der Waals surface area contributed by atoms with Gasteiger partial charge in [-0.05, 0) is 59.8 Å². The summed E-state index contributed by atoms with van der Waals surface area (Å²) in [6.07, 6.45) is 3.58. The van der Waals surface area contributed by atoms with Crippen molar-refractivity contribution in [1.82, 2.24) is 25.3 Å². The molecule has 3 aromatic carbocycles. The molecule has 270 valence electrons. The highest BCUT2D eigenvalue weighted by molar-refractivity contribution is 6.25. The lowest BCUT2D eigenvalue weighted by Gasteiger charge is -2.27. The summed E-state index contributed by atoms with van der Waals surface area (Å²) in [4.78, 5) is 63.0. The minimum absolute atomic E-state index is 0.0364. The van der Waals surface area contributed by atoms with Crippen LogP contribution in [0.1, 0.15) is 49.5 Å². The van der Waals surface area contributed by atoms with Crippen LogP contribution in [-0.2, 0) is 20.9 Å². The number of nitrogens with one attached hydrogen (secondary N) is 3. The number of carbonyl (C=O) groups excluding carboxylic acids is 5. The molecule has 3 heterocycles. The molecule has 0 saturated carbocycles. The highest BCUT2D eigenvalue weighted by atomic mass is 16.5. The van der Waals surface area contributed by atoms with Crippen molar-refractivity contribution in [3.8, 4) is 5.75 Å². The van der Waals surface area contributed by atoms with E-state index in [4.69, 9.17) is 26.3 Å². The fourth-order valence-electron chi connectivity index (χ4n) is 6.09. The van der Waals surface area contributed by atoms with E-state index in [0.29, 0.717) is 55.6 Å². The smallest absolute Gasteiger partial charge is 0.274 e. The summed E-state index contributed by atoms with van der Waals surface area (Å²) in [6.45, 7) is 2.00. The molecule has 1 aromatic heterocycles. The number of hydrogen-bond donors (Lipinski definition) is 6. The Kier molecular flexibility index (Phi) is 10.8. The Morgan fingerprint density at radius 3 is 2.60 bits per heavy atom. The van der Waals surface area contributed by atoms with Gasteiger partial charge in [-0.15, -0.1) is 0 Å². The minimum atomic E-state index is -1.06. The number of hydrogen-bond acceptors (Lipinski definition) is 12. The van der Waals surface area contributed by atoms with Gasteiger partial charge in [-0.2, -0.15) is 0 Å². The van der Waals surface area contributed by atoms with Crippen molar-refractivity contribution in [3.05, 3.63) is 107 Å². The third-order valence-corrected chi connectivity index (χ3v) is 8.69. The summed E-state index contributed by atoms with van der Waals surface area (Å²) in [5.74, 6) is 3.86. The van der Waals surface area contributed by atoms with Gasteiger partial charge in [-0.25, -0.2) is 11.3 Å². The number of imide groups is 2. The van der Waals surface area contributed by atoms with E-state index in [1.54, 1.807) is 29.7 Å². The number of carbonyl (C=O) groups is 5. The van der Waals surface area contributed by atoms with E-state index in [2.05, 4.69) is 10.6 Å². The Hall–Kier alpha value is -6.23. The van der Waals surface area contributed by atoms with Crippen LogP contribution >= 0.6 is 0 Å². The van der Waals surface area contributed by atoms with Crippen molar-refractivity contribution in [2.24, 2.45) is 11.6 Å². The van der Waals surface area contributed by atoms with Gasteiger partial charge in [0, 0.05) is 47.8 Å². The average molecular weight is 711 g/mol. The van der Waals surface area contributed by atoms with Gasteiger partial charge in [0.25, 0.3) is 17.7 Å². The quantitative estimate of drug-likeness (QED) is 0.0341. The van der Waals surface area contributed by atoms with Crippen molar-refractivity contribution >= 4 is 46.1 Å². The number of amides is 5. The summed E-state index contributed by atoms with van der Waals surface area (Å²) in [5, 5.41) is 16.6. The first-order valence-electron chi connectivity index (χ1n) is 16.5. The topological polar surface area (TPSA) is 224 Å². The number of hydroxylamine groups is 1. The molecule has 4 aromatic rings. The lowest BCUT2D eigenvalue weighted by Crippen LogP contribution is -2.54. The molecule has 1 atom stereocenters. The standard InChI is InChI=1S/C36H38N8O8/c37-25(19-39-28-3-1-2-27-32(28)36(49)44(35(27)48)29-10-11-31(45)40-34(29)47)21-43(38)14-15-51-16-17-52-26-8-4-22(5-9-26)20-42-13-12-23-6-7-24(18-30(23)42)33(46)41-50/h1-9,12-13,18,21,29,39,50H,10-11,14-17,19-20,37-38H2,(H,41,46)(H,40,45,47)/b25-21-.